The lowest BCUT2D eigenvalue weighted by Gasteiger charge is -2.27. The third kappa shape index (κ3) is 3.69. The molecule has 5 nitrogen and oxygen atoms in total. The fraction of sp³-hybridized carbons (Fsp3) is 0.318. The molecule has 0 bridgehead atoms. The summed E-state index contributed by atoms with van der Waals surface area (Å²) in [6.45, 7) is 7.18. The summed E-state index contributed by atoms with van der Waals surface area (Å²) in [5, 5.41) is 0.576. The van der Waals surface area contributed by atoms with Gasteiger partial charge in [-0.1, -0.05) is 29.8 Å². The Bertz CT molecular complexity index is 1000. The van der Waals surface area contributed by atoms with Crippen molar-refractivity contribution in [3.05, 3.63) is 69.4 Å². The van der Waals surface area contributed by atoms with E-state index in [2.05, 4.69) is 31.2 Å². The fourth-order valence-corrected chi connectivity index (χ4v) is 3.26. The second-order valence-electron chi connectivity index (χ2n) is 6.89. The summed E-state index contributed by atoms with van der Waals surface area (Å²) in [5.41, 5.74) is 3.71. The van der Waals surface area contributed by atoms with Crippen LogP contribution < -0.4 is 15.1 Å². The second-order valence-corrected chi connectivity index (χ2v) is 6.89. The molecule has 2 aromatic carbocycles. The molecule has 5 heteroatoms. The molecule has 2 heterocycles. The van der Waals surface area contributed by atoms with E-state index in [9.17, 15) is 4.79 Å². The molecule has 140 valence electrons. The maximum absolute atomic E-state index is 12.6. The molecule has 0 aliphatic carbocycles. The molecular weight excluding hydrogens is 342 g/mol. The summed E-state index contributed by atoms with van der Waals surface area (Å²) < 4.78 is 17.5. The van der Waals surface area contributed by atoms with Gasteiger partial charge in [0, 0.05) is 24.7 Å². The molecule has 0 unspecified atom stereocenters. The number of morpholine rings is 1. The van der Waals surface area contributed by atoms with E-state index >= 15 is 0 Å². The highest BCUT2D eigenvalue weighted by atomic mass is 16.5. The van der Waals surface area contributed by atoms with E-state index in [0.29, 0.717) is 36.7 Å². The number of hydrogen-bond acceptors (Lipinski definition) is 5. The molecule has 0 N–H and O–H groups in total. The van der Waals surface area contributed by atoms with Crippen LogP contribution in [0, 0.1) is 13.8 Å². The first kappa shape index (κ1) is 17.6. The third-order valence-electron chi connectivity index (χ3n) is 4.92. The molecule has 0 radical (unpaired) electrons. The summed E-state index contributed by atoms with van der Waals surface area (Å²) in [7, 11) is 0. The van der Waals surface area contributed by atoms with Crippen LogP contribution in [0.1, 0.15) is 16.7 Å². The van der Waals surface area contributed by atoms with Gasteiger partial charge in [0.25, 0.3) is 0 Å². The van der Waals surface area contributed by atoms with Crippen molar-refractivity contribution >= 4 is 16.9 Å². The normalized spacial score (nSPS) is 14.5. The Morgan fingerprint density at radius 1 is 1.04 bits per heavy atom. The minimum absolute atomic E-state index is 0.0362. The number of benzene rings is 2. The van der Waals surface area contributed by atoms with Crippen LogP contribution in [0.25, 0.3) is 11.0 Å². The molecule has 1 aliphatic rings. The molecule has 0 spiro atoms. The minimum atomic E-state index is -0.0362. The second kappa shape index (κ2) is 7.45. The van der Waals surface area contributed by atoms with Crippen LogP contribution in [0.15, 0.2) is 51.7 Å². The molecule has 1 fully saturated rings. The van der Waals surface area contributed by atoms with Crippen molar-refractivity contribution in [2.45, 2.75) is 20.5 Å². The smallest absolute Gasteiger partial charge is 0.200 e. The van der Waals surface area contributed by atoms with Gasteiger partial charge < -0.3 is 18.8 Å². The van der Waals surface area contributed by atoms with E-state index in [0.717, 1.165) is 30.0 Å². The van der Waals surface area contributed by atoms with Crippen LogP contribution in [0.4, 0.5) is 5.88 Å². The van der Waals surface area contributed by atoms with Gasteiger partial charge in [0.05, 0.1) is 18.6 Å². The lowest BCUT2D eigenvalue weighted by atomic mass is 10.1. The van der Waals surface area contributed by atoms with Gasteiger partial charge in [-0.15, -0.1) is 0 Å². The predicted octanol–water partition coefficient (Wildman–Crippen LogP) is 3.83. The van der Waals surface area contributed by atoms with Crippen molar-refractivity contribution in [1.29, 1.82) is 0 Å². The van der Waals surface area contributed by atoms with Gasteiger partial charge in [-0.2, -0.15) is 0 Å². The van der Waals surface area contributed by atoms with Crippen molar-refractivity contribution in [3.63, 3.8) is 0 Å². The van der Waals surface area contributed by atoms with Gasteiger partial charge in [0.15, 0.2) is 11.3 Å². The van der Waals surface area contributed by atoms with Gasteiger partial charge in [-0.05, 0) is 31.5 Å². The van der Waals surface area contributed by atoms with E-state index < -0.39 is 0 Å². The van der Waals surface area contributed by atoms with E-state index in [-0.39, 0.29) is 5.43 Å². The van der Waals surface area contributed by atoms with Crippen molar-refractivity contribution < 1.29 is 13.9 Å². The molecule has 4 rings (SSSR count). The Morgan fingerprint density at radius 3 is 2.52 bits per heavy atom. The molecule has 3 aromatic rings. The highest BCUT2D eigenvalue weighted by molar-refractivity contribution is 5.82. The number of fused-ring (bicyclic) bond motifs is 1. The van der Waals surface area contributed by atoms with Gasteiger partial charge in [0.2, 0.25) is 0 Å². The Morgan fingerprint density at radius 2 is 1.78 bits per heavy atom. The summed E-state index contributed by atoms with van der Waals surface area (Å²) in [4.78, 5) is 14.6. The quantitative estimate of drug-likeness (QED) is 0.703. The number of nitrogens with zero attached hydrogens (tertiary/aromatic N) is 1. The van der Waals surface area contributed by atoms with Crippen LogP contribution in [0.5, 0.6) is 5.75 Å². The topological polar surface area (TPSA) is 51.9 Å². The zero-order valence-corrected chi connectivity index (χ0v) is 15.7. The van der Waals surface area contributed by atoms with Crippen molar-refractivity contribution in [2.75, 3.05) is 31.2 Å². The highest BCUT2D eigenvalue weighted by Crippen LogP contribution is 2.29. The zero-order valence-electron chi connectivity index (χ0n) is 15.7. The van der Waals surface area contributed by atoms with E-state index in [1.165, 1.54) is 5.56 Å². The van der Waals surface area contributed by atoms with E-state index in [1.54, 1.807) is 12.1 Å². The van der Waals surface area contributed by atoms with Crippen molar-refractivity contribution in [1.82, 2.24) is 0 Å². The lowest BCUT2D eigenvalue weighted by Crippen LogP contribution is -2.36. The van der Waals surface area contributed by atoms with Gasteiger partial charge in [0.1, 0.15) is 17.9 Å². The zero-order chi connectivity index (χ0) is 18.8. The number of ether oxygens (including phenoxy) is 2. The summed E-state index contributed by atoms with van der Waals surface area (Å²) in [5.74, 6) is 1.32. The summed E-state index contributed by atoms with van der Waals surface area (Å²) >= 11 is 0. The third-order valence-corrected chi connectivity index (χ3v) is 4.92. The van der Waals surface area contributed by atoms with Gasteiger partial charge in [-0.25, -0.2) is 0 Å². The maximum atomic E-state index is 12.6. The number of rotatable bonds is 4. The van der Waals surface area contributed by atoms with Crippen LogP contribution in [-0.2, 0) is 11.3 Å². The fourth-order valence-electron chi connectivity index (χ4n) is 3.26. The first-order valence-corrected chi connectivity index (χ1v) is 9.20. The number of hydrogen-bond donors (Lipinski definition) is 0. The average Bonchev–Trinajstić information content (AvgIpc) is 2.70. The first-order chi connectivity index (χ1) is 13.1. The molecule has 1 aromatic heterocycles. The summed E-state index contributed by atoms with van der Waals surface area (Å²) in [6, 6.07) is 13.4. The molecule has 0 amide bonds. The lowest BCUT2D eigenvalue weighted by molar-refractivity contribution is 0.121. The number of aryl methyl sites for hydroxylation is 2. The van der Waals surface area contributed by atoms with Crippen LogP contribution in [0.3, 0.4) is 0 Å². The highest BCUT2D eigenvalue weighted by Gasteiger charge is 2.17. The van der Waals surface area contributed by atoms with E-state index in [4.69, 9.17) is 13.9 Å². The molecule has 1 aliphatic heterocycles. The minimum Gasteiger partial charge on any atom is -0.488 e. The predicted molar refractivity (Wildman–Crippen MR) is 106 cm³/mol. The molecule has 0 atom stereocenters. The molecule has 0 saturated carbocycles. The van der Waals surface area contributed by atoms with E-state index in [1.807, 2.05) is 17.9 Å². The maximum Gasteiger partial charge on any atom is 0.200 e. The van der Waals surface area contributed by atoms with Crippen molar-refractivity contribution in [2.24, 2.45) is 0 Å². The Kier molecular flexibility index (Phi) is 4.86. The molecule has 27 heavy (non-hydrogen) atoms. The Labute approximate surface area is 158 Å². The van der Waals surface area contributed by atoms with Crippen molar-refractivity contribution in [3.8, 4) is 5.75 Å². The van der Waals surface area contributed by atoms with Crippen LogP contribution >= 0.6 is 0 Å². The SMILES string of the molecule is Cc1ccc(COc2ccc3c(=O)cc(N4CCOCC4)oc3c2C)cc1. The van der Waals surface area contributed by atoms with Gasteiger partial charge in [-0.3, -0.25) is 4.79 Å². The standard InChI is InChI=1S/C22H23NO4/c1-15-3-5-17(6-4-15)14-26-20-8-7-18-19(24)13-21(27-22(18)16(20)2)23-9-11-25-12-10-23/h3-8,13H,9-12,14H2,1-2H3. The number of anilines is 1. The molecular formula is C22H23NO4. The average molecular weight is 365 g/mol. The van der Waals surface area contributed by atoms with Crippen LogP contribution in [-0.4, -0.2) is 26.3 Å². The largest absolute Gasteiger partial charge is 0.488 e. The summed E-state index contributed by atoms with van der Waals surface area (Å²) in [6.07, 6.45) is 0. The molecule has 1 saturated heterocycles. The Hall–Kier alpha value is -2.79. The first-order valence-electron chi connectivity index (χ1n) is 9.20. The Balaban J connectivity index is 1.65. The van der Waals surface area contributed by atoms with Crippen LogP contribution in [0.2, 0.25) is 0 Å². The van der Waals surface area contributed by atoms with Gasteiger partial charge >= 0.3 is 0 Å². The monoisotopic (exact) mass is 365 g/mol.